The van der Waals surface area contributed by atoms with Gasteiger partial charge in [-0.05, 0) is 25.1 Å². The zero-order valence-electron chi connectivity index (χ0n) is 12.2. The highest BCUT2D eigenvalue weighted by Crippen LogP contribution is 2.22. The van der Waals surface area contributed by atoms with E-state index in [1.54, 1.807) is 0 Å². The molecule has 0 saturated heterocycles. The molecule has 0 fully saturated rings. The maximum Gasteiger partial charge on any atom is 0.321 e. The summed E-state index contributed by atoms with van der Waals surface area (Å²) in [6, 6.07) is 9.28. The quantitative estimate of drug-likeness (QED) is 0.878. The number of rotatable bonds is 6. The number of carboxylic acids is 1. The highest BCUT2D eigenvalue weighted by Gasteiger charge is 2.28. The van der Waals surface area contributed by atoms with E-state index in [0.717, 1.165) is 23.2 Å². The zero-order chi connectivity index (χ0) is 14.7. The monoisotopic (exact) mass is 275 g/mol. The van der Waals surface area contributed by atoms with Crippen LogP contribution in [0.1, 0.15) is 26.0 Å². The Morgan fingerprint density at radius 3 is 2.70 bits per heavy atom. The lowest BCUT2D eigenvalue weighted by Gasteiger charge is -2.28. The topological polar surface area (TPSA) is 53.7 Å². The van der Waals surface area contributed by atoms with Crippen LogP contribution in [0.2, 0.25) is 0 Å². The second kappa shape index (κ2) is 6.09. The van der Waals surface area contributed by atoms with Gasteiger partial charge in [-0.2, -0.15) is 0 Å². The van der Waals surface area contributed by atoms with Gasteiger partial charge >= 0.3 is 5.97 Å². The molecule has 2 rings (SSSR count). The van der Waals surface area contributed by atoms with Crippen molar-refractivity contribution >= 4 is 16.9 Å². The fraction of sp³-hybridized carbons (Fsp3) is 0.438. The van der Waals surface area contributed by atoms with Crippen LogP contribution in [0.25, 0.3) is 11.0 Å². The SMILES string of the molecule is CCC(C)C(C(=O)O)N(C)Cc1cc2ccccc2o1. The van der Waals surface area contributed by atoms with Crippen LogP contribution in [0.15, 0.2) is 34.7 Å². The molecule has 4 nitrogen and oxygen atoms in total. The van der Waals surface area contributed by atoms with E-state index in [-0.39, 0.29) is 5.92 Å². The minimum Gasteiger partial charge on any atom is -0.480 e. The summed E-state index contributed by atoms with van der Waals surface area (Å²) in [5.41, 5.74) is 0.839. The van der Waals surface area contributed by atoms with Crippen LogP contribution in [-0.4, -0.2) is 29.1 Å². The fourth-order valence-electron chi connectivity index (χ4n) is 2.55. The largest absolute Gasteiger partial charge is 0.480 e. The number of carbonyl (C=O) groups is 1. The second-order valence-corrected chi connectivity index (χ2v) is 5.33. The van der Waals surface area contributed by atoms with E-state index >= 15 is 0 Å². The molecule has 2 unspecified atom stereocenters. The van der Waals surface area contributed by atoms with Crippen LogP contribution in [-0.2, 0) is 11.3 Å². The highest BCUT2D eigenvalue weighted by atomic mass is 16.4. The summed E-state index contributed by atoms with van der Waals surface area (Å²) >= 11 is 0. The first kappa shape index (κ1) is 14.6. The second-order valence-electron chi connectivity index (χ2n) is 5.33. The first-order valence-electron chi connectivity index (χ1n) is 6.93. The molecule has 1 N–H and O–H groups in total. The molecule has 2 aromatic rings. The van der Waals surface area contributed by atoms with Gasteiger partial charge in [-0.3, -0.25) is 9.69 Å². The van der Waals surface area contributed by atoms with Crippen LogP contribution < -0.4 is 0 Å². The Bertz CT molecular complexity index is 557. The molecule has 0 aliphatic carbocycles. The molecule has 4 heteroatoms. The van der Waals surface area contributed by atoms with Crippen molar-refractivity contribution in [3.63, 3.8) is 0 Å². The summed E-state index contributed by atoms with van der Waals surface area (Å²) < 4.78 is 5.75. The average molecular weight is 275 g/mol. The predicted molar refractivity (Wildman–Crippen MR) is 78.6 cm³/mol. The molecule has 0 amide bonds. The molecule has 1 heterocycles. The van der Waals surface area contributed by atoms with Gasteiger partial charge in [0.2, 0.25) is 0 Å². The molecule has 1 aromatic carbocycles. The van der Waals surface area contributed by atoms with Crippen molar-refractivity contribution in [2.75, 3.05) is 7.05 Å². The molecule has 0 aliphatic heterocycles. The molecule has 20 heavy (non-hydrogen) atoms. The Balaban J connectivity index is 2.16. The van der Waals surface area contributed by atoms with Crippen molar-refractivity contribution in [1.29, 1.82) is 0 Å². The molecule has 0 radical (unpaired) electrons. The lowest BCUT2D eigenvalue weighted by Crippen LogP contribution is -2.42. The van der Waals surface area contributed by atoms with Crippen LogP contribution in [0, 0.1) is 5.92 Å². The summed E-state index contributed by atoms with van der Waals surface area (Å²) in [5, 5.41) is 10.4. The average Bonchev–Trinajstić information content (AvgIpc) is 2.80. The Morgan fingerprint density at radius 1 is 1.40 bits per heavy atom. The summed E-state index contributed by atoms with van der Waals surface area (Å²) in [5.74, 6) is 0.114. The maximum atomic E-state index is 11.4. The highest BCUT2D eigenvalue weighted by molar-refractivity contribution is 5.77. The summed E-state index contributed by atoms with van der Waals surface area (Å²) in [6.45, 7) is 4.47. The van der Waals surface area contributed by atoms with E-state index in [0.29, 0.717) is 6.54 Å². The van der Waals surface area contributed by atoms with Crippen molar-refractivity contribution in [2.24, 2.45) is 5.92 Å². The standard InChI is InChI=1S/C16H21NO3/c1-4-11(2)15(16(18)19)17(3)10-13-9-12-7-5-6-8-14(12)20-13/h5-9,11,15H,4,10H2,1-3H3,(H,18,19). The van der Waals surface area contributed by atoms with Gasteiger partial charge in [-0.25, -0.2) is 0 Å². The van der Waals surface area contributed by atoms with Gasteiger partial charge in [0.25, 0.3) is 0 Å². The number of hydrogen-bond donors (Lipinski definition) is 1. The van der Waals surface area contributed by atoms with Crippen molar-refractivity contribution in [3.05, 3.63) is 36.1 Å². The molecule has 108 valence electrons. The van der Waals surface area contributed by atoms with E-state index in [4.69, 9.17) is 4.42 Å². The number of para-hydroxylation sites is 1. The normalized spacial score (nSPS) is 14.6. The summed E-state index contributed by atoms with van der Waals surface area (Å²) in [4.78, 5) is 13.3. The lowest BCUT2D eigenvalue weighted by atomic mass is 9.98. The minimum atomic E-state index is -0.780. The molecule has 2 atom stereocenters. The number of hydrogen-bond acceptors (Lipinski definition) is 3. The van der Waals surface area contributed by atoms with Crippen LogP contribution >= 0.6 is 0 Å². The van der Waals surface area contributed by atoms with Crippen LogP contribution in [0.3, 0.4) is 0 Å². The number of furan rings is 1. The first-order chi connectivity index (χ1) is 9.52. The summed E-state index contributed by atoms with van der Waals surface area (Å²) in [6.07, 6.45) is 0.835. The van der Waals surface area contributed by atoms with E-state index in [2.05, 4.69) is 0 Å². The third kappa shape index (κ3) is 3.02. The van der Waals surface area contributed by atoms with Crippen molar-refractivity contribution in [3.8, 4) is 0 Å². The molecular weight excluding hydrogens is 254 g/mol. The van der Waals surface area contributed by atoms with Gasteiger partial charge in [0.15, 0.2) is 0 Å². The van der Waals surface area contributed by atoms with Crippen LogP contribution in [0.5, 0.6) is 0 Å². The number of likely N-dealkylation sites (N-methyl/N-ethyl adjacent to an activating group) is 1. The molecular formula is C16H21NO3. The molecule has 0 aliphatic rings. The Hall–Kier alpha value is -1.81. The molecule has 0 spiro atoms. The van der Waals surface area contributed by atoms with Gasteiger partial charge in [-0.1, -0.05) is 38.5 Å². The van der Waals surface area contributed by atoms with Gasteiger partial charge in [0.05, 0.1) is 6.54 Å². The molecule has 1 aromatic heterocycles. The smallest absolute Gasteiger partial charge is 0.321 e. The van der Waals surface area contributed by atoms with E-state index < -0.39 is 12.0 Å². The molecule has 0 saturated carbocycles. The fourth-order valence-corrected chi connectivity index (χ4v) is 2.55. The van der Waals surface area contributed by atoms with Crippen LogP contribution in [0.4, 0.5) is 0 Å². The van der Waals surface area contributed by atoms with E-state index in [9.17, 15) is 9.90 Å². The van der Waals surface area contributed by atoms with Crippen molar-refractivity contribution in [2.45, 2.75) is 32.9 Å². The number of aliphatic carboxylic acids is 1. The Kier molecular flexibility index (Phi) is 4.45. The number of nitrogens with zero attached hydrogens (tertiary/aromatic N) is 1. The molecule has 0 bridgehead atoms. The Labute approximate surface area is 119 Å². The van der Waals surface area contributed by atoms with Gasteiger partial charge in [0, 0.05) is 5.39 Å². The number of carboxylic acid groups (broad SMARTS) is 1. The number of fused-ring (bicyclic) bond motifs is 1. The minimum absolute atomic E-state index is 0.0990. The first-order valence-corrected chi connectivity index (χ1v) is 6.93. The lowest BCUT2D eigenvalue weighted by molar-refractivity contribution is -0.145. The van der Waals surface area contributed by atoms with E-state index in [1.807, 2.05) is 56.1 Å². The van der Waals surface area contributed by atoms with E-state index in [1.165, 1.54) is 0 Å². The van der Waals surface area contributed by atoms with Gasteiger partial charge in [0.1, 0.15) is 17.4 Å². The Morgan fingerprint density at radius 2 is 2.10 bits per heavy atom. The van der Waals surface area contributed by atoms with Gasteiger partial charge in [-0.15, -0.1) is 0 Å². The number of benzene rings is 1. The van der Waals surface area contributed by atoms with Crippen molar-refractivity contribution < 1.29 is 14.3 Å². The zero-order valence-corrected chi connectivity index (χ0v) is 12.2. The van der Waals surface area contributed by atoms with Crippen molar-refractivity contribution in [1.82, 2.24) is 4.90 Å². The maximum absolute atomic E-state index is 11.4. The van der Waals surface area contributed by atoms with Gasteiger partial charge < -0.3 is 9.52 Å². The third-order valence-corrected chi connectivity index (χ3v) is 3.79. The predicted octanol–water partition coefficient (Wildman–Crippen LogP) is 3.36. The summed E-state index contributed by atoms with van der Waals surface area (Å²) in [7, 11) is 1.83. The third-order valence-electron chi connectivity index (χ3n) is 3.79.